The van der Waals surface area contributed by atoms with Crippen molar-refractivity contribution in [3.05, 3.63) is 84.8 Å². The van der Waals surface area contributed by atoms with Gasteiger partial charge in [-0.25, -0.2) is 4.98 Å². The van der Waals surface area contributed by atoms with E-state index in [1.54, 1.807) is 30.7 Å². The van der Waals surface area contributed by atoms with Gasteiger partial charge in [-0.1, -0.05) is 12.1 Å². The molecule has 4 aliphatic rings. The lowest BCUT2D eigenvalue weighted by atomic mass is 9.49. The molecule has 0 saturated heterocycles. The molecule has 2 aromatic heterocycles. The predicted octanol–water partition coefficient (Wildman–Crippen LogP) is 6.55. The molecular weight excluding hydrogens is 486 g/mol. The van der Waals surface area contributed by atoms with Crippen LogP contribution in [0.3, 0.4) is 0 Å². The van der Waals surface area contributed by atoms with Crippen molar-refractivity contribution < 1.29 is 9.59 Å². The van der Waals surface area contributed by atoms with Gasteiger partial charge in [0.1, 0.15) is 5.82 Å². The summed E-state index contributed by atoms with van der Waals surface area (Å²) in [4.78, 5) is 37.7. The molecule has 2 heterocycles. The second kappa shape index (κ2) is 9.49. The Hall–Kier alpha value is -4.26. The predicted molar refractivity (Wildman–Crippen MR) is 151 cm³/mol. The number of rotatable bonds is 6. The Morgan fingerprint density at radius 2 is 1.38 bits per heavy atom. The summed E-state index contributed by atoms with van der Waals surface area (Å²) < 4.78 is 0. The van der Waals surface area contributed by atoms with Gasteiger partial charge in [-0.15, -0.1) is 0 Å². The molecule has 4 saturated carbocycles. The number of carbonyl (C=O) groups excluding carboxylic acids is 2. The Morgan fingerprint density at radius 1 is 0.769 bits per heavy atom. The van der Waals surface area contributed by atoms with Crippen molar-refractivity contribution in [3.63, 3.8) is 0 Å². The molecule has 4 aromatic rings. The third-order valence-corrected chi connectivity index (χ3v) is 8.89. The number of benzene rings is 2. The van der Waals surface area contributed by atoms with E-state index >= 15 is 0 Å². The number of H-pyrrole nitrogens is 1. The minimum absolute atomic E-state index is 0.152. The molecule has 0 unspecified atom stereocenters. The third kappa shape index (κ3) is 4.62. The van der Waals surface area contributed by atoms with Gasteiger partial charge in [-0.2, -0.15) is 0 Å². The molecule has 7 heteroatoms. The second-order valence-corrected chi connectivity index (χ2v) is 11.6. The molecule has 0 radical (unpaired) electrons. The van der Waals surface area contributed by atoms with Crippen LogP contribution in [-0.2, 0) is 4.79 Å². The standard InChI is InChI=1S/C32H31N5O2/c38-30(25-2-1-11-33-18-25)35-26-7-3-23(4-8-26)28-19-34-29(37-28)24-5-9-27(10-6-24)36-31(39)32-15-20-12-21(16-32)14-22(13-20)17-32/h1-11,18-22H,12-17H2,(H,34,37)(H,35,38)(H,36,39). The number of hydrogen-bond donors (Lipinski definition) is 3. The number of nitrogens with one attached hydrogen (secondary N) is 3. The maximum atomic E-state index is 13.4. The molecule has 4 fully saturated rings. The molecule has 2 amide bonds. The average Bonchev–Trinajstić information content (AvgIpc) is 3.44. The molecule has 4 bridgehead atoms. The molecule has 0 aliphatic heterocycles. The first-order valence-corrected chi connectivity index (χ1v) is 13.8. The number of aromatic nitrogens is 3. The number of imidazole rings is 1. The zero-order valence-corrected chi connectivity index (χ0v) is 21.7. The van der Waals surface area contributed by atoms with Crippen LogP contribution in [0.4, 0.5) is 11.4 Å². The summed E-state index contributed by atoms with van der Waals surface area (Å²) in [5, 5.41) is 6.12. The van der Waals surface area contributed by atoms with Crippen molar-refractivity contribution in [2.24, 2.45) is 23.2 Å². The fraction of sp³-hybridized carbons (Fsp3) is 0.312. The lowest BCUT2D eigenvalue weighted by molar-refractivity contribution is -0.140. The summed E-state index contributed by atoms with van der Waals surface area (Å²) in [6, 6.07) is 19.0. The van der Waals surface area contributed by atoms with Gasteiger partial charge in [0.25, 0.3) is 5.91 Å². The topological polar surface area (TPSA) is 99.8 Å². The van der Waals surface area contributed by atoms with Crippen molar-refractivity contribution in [1.82, 2.24) is 15.0 Å². The monoisotopic (exact) mass is 517 g/mol. The highest BCUT2D eigenvalue weighted by Crippen LogP contribution is 2.60. The van der Waals surface area contributed by atoms with Crippen LogP contribution in [0.1, 0.15) is 48.9 Å². The lowest BCUT2D eigenvalue weighted by Gasteiger charge is -2.55. The first kappa shape index (κ1) is 23.8. The normalized spacial score (nSPS) is 24.9. The number of nitrogens with zero attached hydrogens (tertiary/aromatic N) is 2. The van der Waals surface area contributed by atoms with Gasteiger partial charge in [0, 0.05) is 29.3 Å². The Balaban J connectivity index is 1.00. The Kier molecular flexibility index (Phi) is 5.80. The molecule has 39 heavy (non-hydrogen) atoms. The zero-order valence-electron chi connectivity index (χ0n) is 21.7. The first-order chi connectivity index (χ1) is 19.0. The largest absolute Gasteiger partial charge is 0.338 e. The van der Waals surface area contributed by atoms with Crippen molar-refractivity contribution in [2.75, 3.05) is 10.6 Å². The number of amides is 2. The SMILES string of the molecule is O=C(Nc1ccc(-c2cnc(-c3ccc(NC(=O)C45CC6CC(CC(C6)C4)C5)cc3)[nH]2)cc1)c1cccnc1. The van der Waals surface area contributed by atoms with E-state index in [0.717, 1.165) is 65.3 Å². The van der Waals surface area contributed by atoms with Crippen LogP contribution in [0, 0.1) is 23.2 Å². The molecule has 0 spiro atoms. The third-order valence-electron chi connectivity index (χ3n) is 8.89. The molecule has 3 N–H and O–H groups in total. The summed E-state index contributed by atoms with van der Waals surface area (Å²) in [6.45, 7) is 0. The number of pyridine rings is 1. The second-order valence-electron chi connectivity index (χ2n) is 11.6. The molecule has 8 rings (SSSR count). The van der Waals surface area contributed by atoms with E-state index in [9.17, 15) is 9.59 Å². The quantitative estimate of drug-likeness (QED) is 0.270. The maximum Gasteiger partial charge on any atom is 0.257 e. The van der Waals surface area contributed by atoms with E-state index in [4.69, 9.17) is 0 Å². The number of anilines is 2. The Bertz CT molecular complexity index is 1470. The zero-order chi connectivity index (χ0) is 26.4. The van der Waals surface area contributed by atoms with Gasteiger partial charge >= 0.3 is 0 Å². The Labute approximate surface area is 227 Å². The summed E-state index contributed by atoms with van der Waals surface area (Å²) in [5.41, 5.74) is 4.71. The van der Waals surface area contributed by atoms with Gasteiger partial charge < -0.3 is 15.6 Å². The maximum absolute atomic E-state index is 13.4. The van der Waals surface area contributed by atoms with Crippen LogP contribution < -0.4 is 10.6 Å². The molecule has 7 nitrogen and oxygen atoms in total. The van der Waals surface area contributed by atoms with Gasteiger partial charge in [0.2, 0.25) is 5.91 Å². The summed E-state index contributed by atoms with van der Waals surface area (Å²) in [6.07, 6.45) is 12.2. The van der Waals surface area contributed by atoms with E-state index in [2.05, 4.69) is 25.6 Å². The molecule has 4 aliphatic carbocycles. The fourth-order valence-electron chi connectivity index (χ4n) is 7.41. The summed E-state index contributed by atoms with van der Waals surface area (Å²) >= 11 is 0. The van der Waals surface area contributed by atoms with Crippen LogP contribution in [0.2, 0.25) is 0 Å². The van der Waals surface area contributed by atoms with E-state index < -0.39 is 0 Å². The average molecular weight is 518 g/mol. The minimum Gasteiger partial charge on any atom is -0.338 e. The first-order valence-electron chi connectivity index (χ1n) is 13.8. The van der Waals surface area contributed by atoms with Gasteiger partial charge in [0.15, 0.2) is 0 Å². The smallest absolute Gasteiger partial charge is 0.257 e. The number of hydrogen-bond acceptors (Lipinski definition) is 4. The van der Waals surface area contributed by atoms with Crippen LogP contribution in [0.5, 0.6) is 0 Å². The van der Waals surface area contributed by atoms with E-state index in [1.807, 2.05) is 48.5 Å². The van der Waals surface area contributed by atoms with Crippen molar-refractivity contribution >= 4 is 23.2 Å². The van der Waals surface area contributed by atoms with Crippen molar-refractivity contribution in [3.8, 4) is 22.6 Å². The van der Waals surface area contributed by atoms with Crippen LogP contribution >= 0.6 is 0 Å². The Morgan fingerprint density at radius 3 is 2.00 bits per heavy atom. The summed E-state index contributed by atoms with van der Waals surface area (Å²) in [7, 11) is 0. The van der Waals surface area contributed by atoms with Crippen LogP contribution in [0.25, 0.3) is 22.6 Å². The van der Waals surface area contributed by atoms with Crippen LogP contribution in [0.15, 0.2) is 79.3 Å². The van der Waals surface area contributed by atoms with Gasteiger partial charge in [-0.3, -0.25) is 14.6 Å². The fourth-order valence-corrected chi connectivity index (χ4v) is 7.41. The molecule has 196 valence electrons. The van der Waals surface area contributed by atoms with Gasteiger partial charge in [-0.05, 0) is 110 Å². The van der Waals surface area contributed by atoms with Gasteiger partial charge in [0.05, 0.1) is 22.9 Å². The molecule has 2 aromatic carbocycles. The van der Waals surface area contributed by atoms with Crippen LogP contribution in [-0.4, -0.2) is 26.8 Å². The number of carbonyl (C=O) groups is 2. The lowest BCUT2D eigenvalue weighted by Crippen LogP contribution is -2.51. The van der Waals surface area contributed by atoms with E-state index in [0.29, 0.717) is 11.3 Å². The number of aromatic amines is 1. The van der Waals surface area contributed by atoms with Crippen molar-refractivity contribution in [2.45, 2.75) is 38.5 Å². The highest BCUT2D eigenvalue weighted by atomic mass is 16.2. The van der Waals surface area contributed by atoms with E-state index in [1.165, 1.54) is 19.3 Å². The summed E-state index contributed by atoms with van der Waals surface area (Å²) in [5.74, 6) is 3.03. The van der Waals surface area contributed by atoms with E-state index in [-0.39, 0.29) is 17.2 Å². The highest BCUT2D eigenvalue weighted by Gasteiger charge is 2.54. The van der Waals surface area contributed by atoms with Crippen molar-refractivity contribution in [1.29, 1.82) is 0 Å². The molecule has 0 atom stereocenters. The molecular formula is C32H31N5O2. The minimum atomic E-state index is -0.197. The highest BCUT2D eigenvalue weighted by molar-refractivity contribution is 6.04.